The first-order valence-electron chi connectivity index (χ1n) is 2.64. The lowest BCUT2D eigenvalue weighted by Crippen LogP contribution is -2.58. The highest BCUT2D eigenvalue weighted by molar-refractivity contribution is 14.1. The smallest absolute Gasteiger partial charge is 0.191 e. The van der Waals surface area contributed by atoms with E-state index in [1.54, 1.807) is 0 Å². The lowest BCUT2D eigenvalue weighted by molar-refractivity contribution is -0.315. The van der Waals surface area contributed by atoms with Crippen molar-refractivity contribution in [2.45, 2.75) is 20.6 Å². The molecule has 0 aromatic carbocycles. The molecule has 0 rings (SSSR count). The molecule has 0 heterocycles. The number of alkyl halides is 10. The molecule has 0 saturated heterocycles. The Kier molecular flexibility index (Phi) is 3.76. The second-order valence-corrected chi connectivity index (χ2v) is 4.50. The Balaban J connectivity index is 5.30. The first-order valence-corrected chi connectivity index (χ1v) is 4.51. The van der Waals surface area contributed by atoms with Gasteiger partial charge in [-0.3, -0.25) is 0 Å². The first kappa shape index (κ1) is 14.6. The van der Waals surface area contributed by atoms with Gasteiger partial charge in [-0.1, -0.05) is 0 Å². The summed E-state index contributed by atoms with van der Waals surface area (Å²) in [4.78, 5) is -5.42. The molecule has 0 aliphatic heterocycles. The lowest BCUT2D eigenvalue weighted by Gasteiger charge is -2.31. The molecule has 0 nitrogen and oxygen atoms in total. The molecular formula is C4BrF8I. The van der Waals surface area contributed by atoms with Crippen LogP contribution < -0.4 is 0 Å². The number of rotatable bonds is 3. The summed E-state index contributed by atoms with van der Waals surface area (Å²) in [6, 6.07) is 0. The van der Waals surface area contributed by atoms with Crippen LogP contribution in [0, 0.1) is 0 Å². The maximum absolute atomic E-state index is 12.2. The van der Waals surface area contributed by atoms with Crippen LogP contribution >= 0.6 is 38.5 Å². The zero-order valence-electron chi connectivity index (χ0n) is 5.78. The lowest BCUT2D eigenvalue weighted by atomic mass is 10.2. The van der Waals surface area contributed by atoms with Crippen LogP contribution in [0.4, 0.5) is 35.1 Å². The Morgan fingerprint density at radius 1 is 0.714 bits per heavy atom. The van der Waals surface area contributed by atoms with E-state index in [4.69, 9.17) is 0 Å². The van der Waals surface area contributed by atoms with E-state index in [-0.39, 0.29) is 22.6 Å². The van der Waals surface area contributed by atoms with Crippen LogP contribution in [0.2, 0.25) is 0 Å². The van der Waals surface area contributed by atoms with E-state index in [0.29, 0.717) is 0 Å². The highest BCUT2D eigenvalue weighted by atomic mass is 127. The third kappa shape index (κ3) is 2.25. The molecule has 0 aliphatic carbocycles. The minimum Gasteiger partial charge on any atom is -0.191 e. The second kappa shape index (κ2) is 3.59. The Morgan fingerprint density at radius 2 is 1.00 bits per heavy atom. The molecule has 0 amide bonds. The van der Waals surface area contributed by atoms with Crippen molar-refractivity contribution in [1.29, 1.82) is 0 Å². The molecule has 0 spiro atoms. The van der Waals surface area contributed by atoms with Crippen LogP contribution in [0.5, 0.6) is 0 Å². The Morgan fingerprint density at radius 3 is 1.07 bits per heavy atom. The van der Waals surface area contributed by atoms with E-state index in [1.165, 1.54) is 0 Å². The zero-order chi connectivity index (χ0) is 12.0. The van der Waals surface area contributed by atoms with Gasteiger partial charge < -0.3 is 0 Å². The van der Waals surface area contributed by atoms with Gasteiger partial charge in [0.05, 0.1) is 0 Å². The minimum absolute atomic E-state index is 0.333. The molecular weight excluding hydrogens is 407 g/mol. The summed E-state index contributed by atoms with van der Waals surface area (Å²) in [5.74, 6) is -12.3. The Labute approximate surface area is 94.3 Å². The number of hydrogen-bond donors (Lipinski definition) is 0. The molecule has 86 valence electrons. The van der Waals surface area contributed by atoms with Crippen LogP contribution in [-0.2, 0) is 0 Å². The zero-order valence-corrected chi connectivity index (χ0v) is 9.52. The van der Waals surface area contributed by atoms with Crippen molar-refractivity contribution >= 4 is 38.5 Å². The van der Waals surface area contributed by atoms with Crippen molar-refractivity contribution in [2.24, 2.45) is 0 Å². The van der Waals surface area contributed by atoms with Crippen molar-refractivity contribution in [3.63, 3.8) is 0 Å². The molecule has 0 saturated carbocycles. The number of halogens is 10. The van der Waals surface area contributed by atoms with Crippen molar-refractivity contribution in [3.8, 4) is 0 Å². The summed E-state index contributed by atoms with van der Waals surface area (Å²) >= 11 is 0.595. The van der Waals surface area contributed by atoms with Gasteiger partial charge in [0.15, 0.2) is 0 Å². The monoisotopic (exact) mass is 406 g/mol. The normalized spacial score (nSPS) is 15.9. The van der Waals surface area contributed by atoms with Crippen molar-refractivity contribution in [2.75, 3.05) is 0 Å². The third-order valence-electron chi connectivity index (χ3n) is 1.11. The molecule has 0 unspecified atom stereocenters. The molecule has 0 aromatic heterocycles. The van der Waals surface area contributed by atoms with E-state index in [1.807, 2.05) is 0 Å². The summed E-state index contributed by atoms with van der Waals surface area (Å²) in [5.41, 5.74) is 0. The van der Waals surface area contributed by atoms with Crippen LogP contribution in [-0.4, -0.2) is 20.6 Å². The van der Waals surface area contributed by atoms with Gasteiger partial charge in [-0.2, -0.15) is 35.1 Å². The largest absolute Gasteiger partial charge is 0.389 e. The second-order valence-electron chi connectivity index (χ2n) is 2.14. The van der Waals surface area contributed by atoms with Crippen molar-refractivity contribution in [3.05, 3.63) is 0 Å². The van der Waals surface area contributed by atoms with Gasteiger partial charge in [0.1, 0.15) is 0 Å². The van der Waals surface area contributed by atoms with Crippen molar-refractivity contribution in [1.82, 2.24) is 0 Å². The number of hydrogen-bond acceptors (Lipinski definition) is 0. The maximum atomic E-state index is 12.2. The first-order chi connectivity index (χ1) is 5.75. The molecule has 0 bridgehead atoms. The van der Waals surface area contributed by atoms with Gasteiger partial charge in [-0.25, -0.2) is 0 Å². The van der Waals surface area contributed by atoms with Crippen LogP contribution in [0.3, 0.4) is 0 Å². The average molecular weight is 407 g/mol. The standard InChI is InChI=1S/C4BrF8I/c5-3(10,11)1(6,7)2(8,9)4(12,13)14. The van der Waals surface area contributed by atoms with E-state index in [2.05, 4.69) is 0 Å². The van der Waals surface area contributed by atoms with Gasteiger partial charge in [-0.15, -0.1) is 0 Å². The Hall–Kier alpha value is 0.650. The molecule has 0 N–H and O–H groups in total. The van der Waals surface area contributed by atoms with Gasteiger partial charge in [0.2, 0.25) is 0 Å². The summed E-state index contributed by atoms with van der Waals surface area (Å²) in [6.45, 7) is 0. The average Bonchev–Trinajstić information content (AvgIpc) is 1.81. The van der Waals surface area contributed by atoms with Crippen LogP contribution in [0.25, 0.3) is 0 Å². The predicted octanol–water partition coefficient (Wildman–Crippen LogP) is 4.27. The third-order valence-corrected chi connectivity index (χ3v) is 2.28. The summed E-state index contributed by atoms with van der Waals surface area (Å²) in [6.07, 6.45) is 0. The van der Waals surface area contributed by atoms with E-state index >= 15 is 0 Å². The summed E-state index contributed by atoms with van der Waals surface area (Å²) in [5, 5.41) is 0. The quantitative estimate of drug-likeness (QED) is 0.373. The van der Waals surface area contributed by atoms with Crippen LogP contribution in [0.1, 0.15) is 0 Å². The fourth-order valence-corrected chi connectivity index (χ4v) is 0.944. The molecule has 10 heteroatoms. The molecule has 0 aliphatic rings. The topological polar surface area (TPSA) is 0 Å². The van der Waals surface area contributed by atoms with Gasteiger partial charge in [-0.05, 0) is 15.9 Å². The van der Waals surface area contributed by atoms with Gasteiger partial charge >= 0.3 is 20.6 Å². The maximum Gasteiger partial charge on any atom is 0.389 e. The molecule has 14 heavy (non-hydrogen) atoms. The predicted molar refractivity (Wildman–Crippen MR) is 42.7 cm³/mol. The Bertz CT molecular complexity index is 190. The highest BCUT2D eigenvalue weighted by Crippen LogP contribution is 2.56. The van der Waals surface area contributed by atoms with Gasteiger partial charge in [0, 0.05) is 22.6 Å². The summed E-state index contributed by atoms with van der Waals surface area (Å²) in [7, 11) is 0. The molecule has 0 aromatic rings. The fourth-order valence-electron chi connectivity index (χ4n) is 0.356. The molecule has 0 atom stereocenters. The minimum atomic E-state index is -6.19. The summed E-state index contributed by atoms with van der Waals surface area (Å²) < 4.78 is 91.0. The van der Waals surface area contributed by atoms with E-state index < -0.39 is 20.6 Å². The van der Waals surface area contributed by atoms with Crippen LogP contribution in [0.15, 0.2) is 0 Å². The van der Waals surface area contributed by atoms with Crippen molar-refractivity contribution < 1.29 is 35.1 Å². The van der Waals surface area contributed by atoms with E-state index in [9.17, 15) is 35.1 Å². The molecule has 0 radical (unpaired) electrons. The van der Waals surface area contributed by atoms with Gasteiger partial charge in [0.25, 0.3) is 0 Å². The fraction of sp³-hybridized carbons (Fsp3) is 1.00. The molecule has 0 fully saturated rings. The SMILES string of the molecule is FC(F)(Br)C(F)(F)C(F)(F)C(F)(F)I. The van der Waals surface area contributed by atoms with E-state index in [0.717, 1.165) is 15.9 Å². The highest BCUT2D eigenvalue weighted by Gasteiger charge is 2.79.